The largest absolute Gasteiger partial charge is 0.496 e. The number of piperazine rings is 1. The van der Waals surface area contributed by atoms with E-state index in [2.05, 4.69) is 43.1 Å². The average molecular weight is 593 g/mol. The van der Waals surface area contributed by atoms with Gasteiger partial charge < -0.3 is 29.3 Å². The predicted molar refractivity (Wildman–Crippen MR) is 169 cm³/mol. The number of rotatable bonds is 11. The van der Waals surface area contributed by atoms with E-state index in [1.807, 2.05) is 19.1 Å². The highest BCUT2D eigenvalue weighted by atomic mass is 19.1. The lowest BCUT2D eigenvalue weighted by atomic mass is 9.97. The second-order valence-electron chi connectivity index (χ2n) is 11.4. The van der Waals surface area contributed by atoms with Gasteiger partial charge in [0.1, 0.15) is 11.5 Å². The Balaban J connectivity index is 1.19. The van der Waals surface area contributed by atoms with Crippen molar-refractivity contribution in [1.82, 2.24) is 19.8 Å². The summed E-state index contributed by atoms with van der Waals surface area (Å²) in [7, 11) is 6.99. The minimum Gasteiger partial charge on any atom is -0.496 e. The third kappa shape index (κ3) is 7.13. The third-order valence-corrected chi connectivity index (χ3v) is 8.86. The van der Waals surface area contributed by atoms with Crippen LogP contribution in [-0.4, -0.2) is 93.5 Å². The van der Waals surface area contributed by atoms with Gasteiger partial charge in [0, 0.05) is 81.1 Å². The second-order valence-corrected chi connectivity index (χ2v) is 11.4. The Morgan fingerprint density at radius 1 is 0.837 bits per heavy atom. The highest BCUT2D eigenvalue weighted by Crippen LogP contribution is 2.35. The van der Waals surface area contributed by atoms with Crippen molar-refractivity contribution in [2.75, 3.05) is 77.9 Å². The first kappa shape index (κ1) is 30.8. The lowest BCUT2D eigenvalue weighted by Gasteiger charge is -2.42. The molecule has 10 heteroatoms. The van der Waals surface area contributed by atoms with E-state index in [-0.39, 0.29) is 11.6 Å². The summed E-state index contributed by atoms with van der Waals surface area (Å²) in [6.07, 6.45) is 7.66. The zero-order valence-electron chi connectivity index (χ0n) is 26.2. The number of benzene rings is 2. The van der Waals surface area contributed by atoms with Crippen molar-refractivity contribution in [2.24, 2.45) is 0 Å². The highest BCUT2D eigenvalue weighted by molar-refractivity contribution is 5.67. The summed E-state index contributed by atoms with van der Waals surface area (Å²) >= 11 is 0. The fourth-order valence-electron chi connectivity index (χ4n) is 6.30. The quantitative estimate of drug-likeness (QED) is 0.333. The van der Waals surface area contributed by atoms with Crippen LogP contribution in [0.3, 0.4) is 0 Å². The van der Waals surface area contributed by atoms with Crippen LogP contribution in [0.2, 0.25) is 0 Å². The molecule has 0 spiro atoms. The molecular formula is C33H45FN6O3. The van der Waals surface area contributed by atoms with E-state index in [0.29, 0.717) is 42.6 Å². The molecule has 0 atom stereocenters. The molecule has 5 rings (SSSR count). The van der Waals surface area contributed by atoms with E-state index in [1.54, 1.807) is 32.7 Å². The number of aromatic nitrogens is 2. The van der Waals surface area contributed by atoms with Gasteiger partial charge in [-0.2, -0.15) is 0 Å². The number of hydrogen-bond donors (Lipinski definition) is 1. The maximum absolute atomic E-state index is 15.1. The molecule has 3 heterocycles. The molecule has 2 aliphatic heterocycles. The average Bonchev–Trinajstić information content (AvgIpc) is 3.05. The van der Waals surface area contributed by atoms with Crippen LogP contribution in [-0.2, 0) is 19.3 Å². The number of nitrogens with one attached hydrogen (secondary N) is 1. The van der Waals surface area contributed by atoms with Gasteiger partial charge in [-0.3, -0.25) is 4.90 Å². The molecule has 1 N–H and O–H groups in total. The molecule has 2 aliphatic rings. The monoisotopic (exact) mass is 592 g/mol. The van der Waals surface area contributed by atoms with Crippen LogP contribution in [0.25, 0.3) is 0 Å². The fraction of sp³-hybridized carbons (Fsp3) is 0.515. The number of piperidine rings is 1. The van der Waals surface area contributed by atoms with Crippen LogP contribution in [0.1, 0.15) is 36.5 Å². The maximum atomic E-state index is 15.1. The van der Waals surface area contributed by atoms with Crippen molar-refractivity contribution in [3.05, 3.63) is 59.2 Å². The molecular weight excluding hydrogens is 547 g/mol. The minimum absolute atomic E-state index is 0.191. The molecule has 0 bridgehead atoms. The van der Waals surface area contributed by atoms with Gasteiger partial charge >= 0.3 is 0 Å². The summed E-state index contributed by atoms with van der Waals surface area (Å²) in [6, 6.07) is 8.45. The second kappa shape index (κ2) is 14.2. The first-order valence-corrected chi connectivity index (χ1v) is 15.3. The fourth-order valence-corrected chi connectivity index (χ4v) is 6.30. The van der Waals surface area contributed by atoms with Crippen molar-refractivity contribution in [2.45, 2.75) is 45.1 Å². The summed E-state index contributed by atoms with van der Waals surface area (Å²) in [5.41, 5.74) is 4.36. The van der Waals surface area contributed by atoms with E-state index in [1.165, 1.54) is 33.0 Å². The van der Waals surface area contributed by atoms with E-state index in [0.717, 1.165) is 54.4 Å². The highest BCUT2D eigenvalue weighted by Gasteiger charge is 2.28. The van der Waals surface area contributed by atoms with Crippen molar-refractivity contribution >= 4 is 17.3 Å². The number of aryl methyl sites for hydroxylation is 1. The molecule has 2 saturated heterocycles. The van der Waals surface area contributed by atoms with Crippen molar-refractivity contribution in [3.8, 4) is 17.2 Å². The van der Waals surface area contributed by atoms with Gasteiger partial charge in [-0.1, -0.05) is 6.92 Å². The summed E-state index contributed by atoms with van der Waals surface area (Å²) in [5, 5.41) is 3.30. The molecule has 2 fully saturated rings. The minimum atomic E-state index is -0.337. The van der Waals surface area contributed by atoms with Crippen LogP contribution < -0.4 is 24.4 Å². The van der Waals surface area contributed by atoms with Gasteiger partial charge in [0.05, 0.1) is 27.0 Å². The van der Waals surface area contributed by atoms with Crippen LogP contribution >= 0.6 is 0 Å². The Bertz CT molecular complexity index is 1360. The molecule has 0 radical (unpaired) electrons. The van der Waals surface area contributed by atoms with Gasteiger partial charge in [0.15, 0.2) is 11.6 Å². The lowest BCUT2D eigenvalue weighted by Crippen LogP contribution is -2.52. The lowest BCUT2D eigenvalue weighted by molar-refractivity contribution is 0.0981. The van der Waals surface area contributed by atoms with Crippen LogP contribution in [0.15, 0.2) is 36.7 Å². The molecule has 232 valence electrons. The number of halogens is 1. The molecule has 0 amide bonds. The normalized spacial score (nSPS) is 16.7. The molecule has 9 nitrogen and oxygen atoms in total. The number of anilines is 3. The Morgan fingerprint density at radius 2 is 1.51 bits per heavy atom. The number of likely N-dealkylation sites (N-methyl/N-ethyl adjacent to an activating group) is 1. The number of nitrogens with zero attached hydrogens (tertiary/aromatic N) is 5. The SMILES string of the molecule is CCc1c(OC)cc(OC)c(F)c1CCc1cnc(Nc2ccc(N3CCC(N4CCN(C)CC4)CC3)c(OC)c2)nc1. The van der Waals surface area contributed by atoms with Crippen LogP contribution in [0.5, 0.6) is 17.2 Å². The Morgan fingerprint density at radius 3 is 2.14 bits per heavy atom. The zero-order valence-corrected chi connectivity index (χ0v) is 26.2. The predicted octanol–water partition coefficient (Wildman–Crippen LogP) is 4.95. The van der Waals surface area contributed by atoms with Gasteiger partial charge in [0.2, 0.25) is 5.95 Å². The van der Waals surface area contributed by atoms with Crippen LogP contribution in [0.4, 0.5) is 21.7 Å². The van der Waals surface area contributed by atoms with E-state index in [9.17, 15) is 0 Å². The number of methoxy groups -OCH3 is 3. The van der Waals surface area contributed by atoms with Crippen molar-refractivity contribution in [3.63, 3.8) is 0 Å². The zero-order chi connectivity index (χ0) is 30.3. The summed E-state index contributed by atoms with van der Waals surface area (Å²) < 4.78 is 31.7. The van der Waals surface area contributed by atoms with E-state index in [4.69, 9.17) is 14.2 Å². The molecule has 1 aromatic heterocycles. The van der Waals surface area contributed by atoms with Gasteiger partial charge in [-0.25, -0.2) is 14.4 Å². The van der Waals surface area contributed by atoms with Crippen molar-refractivity contribution in [1.29, 1.82) is 0 Å². The van der Waals surface area contributed by atoms with Gasteiger partial charge in [-0.15, -0.1) is 0 Å². The molecule has 3 aromatic rings. The Hall–Kier alpha value is -3.63. The Kier molecular flexibility index (Phi) is 10.2. The molecule has 0 saturated carbocycles. The smallest absolute Gasteiger partial charge is 0.227 e. The summed E-state index contributed by atoms with van der Waals surface area (Å²) in [5.74, 6) is 1.83. The summed E-state index contributed by atoms with van der Waals surface area (Å²) in [6.45, 7) is 8.71. The van der Waals surface area contributed by atoms with Gasteiger partial charge in [0.25, 0.3) is 0 Å². The number of hydrogen-bond acceptors (Lipinski definition) is 9. The maximum Gasteiger partial charge on any atom is 0.227 e. The topological polar surface area (TPSA) is 75.2 Å². The van der Waals surface area contributed by atoms with Crippen molar-refractivity contribution < 1.29 is 18.6 Å². The first-order chi connectivity index (χ1) is 20.9. The van der Waals surface area contributed by atoms with E-state index >= 15 is 4.39 Å². The third-order valence-electron chi connectivity index (χ3n) is 8.86. The molecule has 0 aliphatic carbocycles. The standard InChI is InChI=1S/C33H45FN6O3/c1-6-26-27(32(34)31(43-5)20-29(26)41-3)9-7-23-21-35-33(36-22-23)37-24-8-10-28(30(19-24)42-4)40-13-11-25(12-14-40)39-17-15-38(2)16-18-39/h8,10,19-22,25H,6-7,9,11-18H2,1-5H3,(H,35,36,37). The summed E-state index contributed by atoms with van der Waals surface area (Å²) in [4.78, 5) is 16.6. The number of ether oxygens (including phenoxy) is 3. The Labute approximate surface area is 255 Å². The van der Waals surface area contributed by atoms with E-state index < -0.39 is 0 Å². The first-order valence-electron chi connectivity index (χ1n) is 15.3. The van der Waals surface area contributed by atoms with Crippen LogP contribution in [0, 0.1) is 5.82 Å². The molecule has 0 unspecified atom stereocenters. The molecule has 2 aromatic carbocycles. The van der Waals surface area contributed by atoms with Gasteiger partial charge in [-0.05, 0) is 62.4 Å². The molecule has 43 heavy (non-hydrogen) atoms.